The first-order valence-electron chi connectivity index (χ1n) is 5.11. The van der Waals surface area contributed by atoms with Crippen molar-refractivity contribution in [3.8, 4) is 0 Å². The van der Waals surface area contributed by atoms with E-state index in [0.717, 1.165) is 12.3 Å². The molecule has 19 heavy (non-hydrogen) atoms. The monoisotopic (exact) mass is 280 g/mol. The van der Waals surface area contributed by atoms with Crippen LogP contribution in [-0.4, -0.2) is 45.5 Å². The number of carbonyl (C=O) groups excluding carboxylic acids is 1. The highest BCUT2D eigenvalue weighted by molar-refractivity contribution is 5.95. The number of nitrogens with zero attached hydrogens (tertiary/aromatic N) is 1. The van der Waals surface area contributed by atoms with Gasteiger partial charge in [-0.2, -0.15) is 13.2 Å². The van der Waals surface area contributed by atoms with Crippen LogP contribution in [0, 0.1) is 0 Å². The molecule has 0 saturated heterocycles. The van der Waals surface area contributed by atoms with Gasteiger partial charge in [-0.3, -0.25) is 4.79 Å². The molecule has 1 atom stereocenters. The number of aromatic nitrogens is 1. The average molecular weight is 280 g/mol. The van der Waals surface area contributed by atoms with E-state index in [9.17, 15) is 22.8 Å². The summed E-state index contributed by atoms with van der Waals surface area (Å²) in [5.74, 6) is -2.49. The molecule has 0 aliphatic heterocycles. The standard InChI is InChI=1S/C10H11F3N2O4/c11-10(12,13)5-15-3-1-2-7(15)8(17)14-6(4-16)9(18)19/h1-3,6,16H,4-5H2,(H,14,17)(H,18,19)/t6-/m0/s1. The fraction of sp³-hybridized carbons (Fsp3) is 0.400. The number of amides is 1. The van der Waals surface area contributed by atoms with E-state index >= 15 is 0 Å². The molecule has 0 aliphatic carbocycles. The highest BCUT2D eigenvalue weighted by Crippen LogP contribution is 2.19. The molecule has 1 amide bonds. The second kappa shape index (κ2) is 5.74. The Kier molecular flexibility index (Phi) is 4.54. The molecule has 0 saturated carbocycles. The van der Waals surface area contributed by atoms with Gasteiger partial charge in [0.1, 0.15) is 12.2 Å². The molecular weight excluding hydrogens is 269 g/mol. The lowest BCUT2D eigenvalue weighted by molar-refractivity contribution is -0.141. The molecule has 3 N–H and O–H groups in total. The molecule has 1 rings (SSSR count). The van der Waals surface area contributed by atoms with Gasteiger partial charge in [0, 0.05) is 6.20 Å². The van der Waals surface area contributed by atoms with Gasteiger partial charge in [-0.25, -0.2) is 4.79 Å². The molecule has 9 heteroatoms. The Bertz CT molecular complexity index is 470. The van der Waals surface area contributed by atoms with Crippen molar-refractivity contribution in [3.05, 3.63) is 24.0 Å². The summed E-state index contributed by atoms with van der Waals surface area (Å²) in [7, 11) is 0. The Balaban J connectivity index is 2.83. The Morgan fingerprint density at radius 1 is 1.42 bits per heavy atom. The van der Waals surface area contributed by atoms with E-state index in [1.807, 2.05) is 5.32 Å². The zero-order chi connectivity index (χ0) is 14.6. The summed E-state index contributed by atoms with van der Waals surface area (Å²) in [6, 6.07) is 0.786. The number of halogens is 3. The van der Waals surface area contributed by atoms with Crippen LogP contribution < -0.4 is 5.32 Å². The van der Waals surface area contributed by atoms with Gasteiger partial charge >= 0.3 is 12.1 Å². The third-order valence-corrected chi connectivity index (χ3v) is 2.20. The van der Waals surface area contributed by atoms with E-state index in [-0.39, 0.29) is 5.69 Å². The molecule has 6 nitrogen and oxygen atoms in total. The average Bonchev–Trinajstić information content (AvgIpc) is 2.70. The van der Waals surface area contributed by atoms with E-state index in [4.69, 9.17) is 10.2 Å². The molecule has 0 spiro atoms. The van der Waals surface area contributed by atoms with Crippen molar-refractivity contribution in [2.75, 3.05) is 6.61 Å². The van der Waals surface area contributed by atoms with Gasteiger partial charge in [0.25, 0.3) is 5.91 Å². The smallest absolute Gasteiger partial charge is 0.406 e. The van der Waals surface area contributed by atoms with Gasteiger partial charge in [0.15, 0.2) is 6.04 Å². The number of hydrogen-bond acceptors (Lipinski definition) is 3. The van der Waals surface area contributed by atoms with Gasteiger partial charge in [-0.15, -0.1) is 0 Å². The van der Waals surface area contributed by atoms with Crippen LogP contribution in [0.15, 0.2) is 18.3 Å². The number of carboxylic acid groups (broad SMARTS) is 1. The quantitative estimate of drug-likeness (QED) is 0.719. The summed E-state index contributed by atoms with van der Waals surface area (Å²) in [6.45, 7) is -2.22. The fourth-order valence-electron chi connectivity index (χ4n) is 1.37. The fourth-order valence-corrected chi connectivity index (χ4v) is 1.37. The van der Waals surface area contributed by atoms with Crippen molar-refractivity contribution in [2.24, 2.45) is 0 Å². The summed E-state index contributed by atoms with van der Waals surface area (Å²) in [5, 5.41) is 19.2. The van der Waals surface area contributed by atoms with Gasteiger partial charge in [-0.1, -0.05) is 0 Å². The minimum atomic E-state index is -4.50. The SMILES string of the molecule is O=C(N[C@@H](CO)C(=O)O)c1cccn1CC(F)(F)F. The van der Waals surface area contributed by atoms with Crippen molar-refractivity contribution in [3.63, 3.8) is 0 Å². The van der Waals surface area contributed by atoms with Crippen molar-refractivity contribution in [1.29, 1.82) is 0 Å². The molecule has 1 aromatic heterocycles. The van der Waals surface area contributed by atoms with Crippen LogP contribution in [0.1, 0.15) is 10.5 Å². The first-order valence-corrected chi connectivity index (χ1v) is 5.11. The second-order valence-corrected chi connectivity index (χ2v) is 3.68. The Morgan fingerprint density at radius 2 is 2.05 bits per heavy atom. The van der Waals surface area contributed by atoms with Crippen LogP contribution in [0.3, 0.4) is 0 Å². The lowest BCUT2D eigenvalue weighted by Gasteiger charge is -2.14. The van der Waals surface area contributed by atoms with Crippen molar-refractivity contribution in [1.82, 2.24) is 9.88 Å². The summed E-state index contributed by atoms with van der Waals surface area (Å²) in [4.78, 5) is 22.2. The minimum Gasteiger partial charge on any atom is -0.480 e. The molecule has 0 fully saturated rings. The predicted octanol–water partition coefficient (Wildman–Crippen LogP) is 0.226. The van der Waals surface area contributed by atoms with Crippen LogP contribution >= 0.6 is 0 Å². The van der Waals surface area contributed by atoms with E-state index < -0.39 is 37.2 Å². The summed E-state index contributed by atoms with van der Waals surface area (Å²) in [5.41, 5.74) is -0.336. The summed E-state index contributed by atoms with van der Waals surface area (Å²) in [6.07, 6.45) is -3.45. The zero-order valence-electron chi connectivity index (χ0n) is 9.52. The summed E-state index contributed by atoms with van der Waals surface area (Å²) < 4.78 is 37.3. The van der Waals surface area contributed by atoms with Gasteiger partial charge in [0.05, 0.1) is 6.61 Å². The maximum Gasteiger partial charge on any atom is 0.406 e. The van der Waals surface area contributed by atoms with Crippen molar-refractivity contribution >= 4 is 11.9 Å². The Hall–Kier alpha value is -2.03. The number of alkyl halides is 3. The highest BCUT2D eigenvalue weighted by atomic mass is 19.4. The number of carboxylic acids is 1. The maximum atomic E-state index is 12.2. The minimum absolute atomic E-state index is 0.336. The number of aliphatic hydroxyl groups excluding tert-OH is 1. The Labute approximate surface area is 105 Å². The largest absolute Gasteiger partial charge is 0.480 e. The molecular formula is C10H11F3N2O4. The molecule has 0 unspecified atom stereocenters. The van der Waals surface area contributed by atoms with Crippen molar-refractivity contribution in [2.45, 2.75) is 18.8 Å². The topological polar surface area (TPSA) is 91.6 Å². The van der Waals surface area contributed by atoms with E-state index in [2.05, 4.69) is 0 Å². The first kappa shape index (κ1) is 15.0. The number of aliphatic carboxylic acids is 1. The predicted molar refractivity (Wildman–Crippen MR) is 56.5 cm³/mol. The summed E-state index contributed by atoms with van der Waals surface area (Å²) >= 11 is 0. The maximum absolute atomic E-state index is 12.2. The van der Waals surface area contributed by atoms with Crippen LogP contribution in [0.25, 0.3) is 0 Å². The van der Waals surface area contributed by atoms with Crippen LogP contribution in [0.5, 0.6) is 0 Å². The molecule has 0 aliphatic rings. The molecule has 1 aromatic rings. The molecule has 0 aromatic carbocycles. The first-order chi connectivity index (χ1) is 8.74. The highest BCUT2D eigenvalue weighted by Gasteiger charge is 2.30. The number of hydrogen-bond donors (Lipinski definition) is 3. The van der Waals surface area contributed by atoms with Gasteiger partial charge in [-0.05, 0) is 12.1 Å². The van der Waals surface area contributed by atoms with Crippen LogP contribution in [0.2, 0.25) is 0 Å². The molecule has 1 heterocycles. The van der Waals surface area contributed by atoms with Crippen molar-refractivity contribution < 1.29 is 33.0 Å². The van der Waals surface area contributed by atoms with E-state index in [1.54, 1.807) is 0 Å². The third kappa shape index (κ3) is 4.28. The number of carbonyl (C=O) groups is 2. The van der Waals surface area contributed by atoms with Gasteiger partial charge in [0.2, 0.25) is 0 Å². The third-order valence-electron chi connectivity index (χ3n) is 2.20. The van der Waals surface area contributed by atoms with Crippen LogP contribution in [0.4, 0.5) is 13.2 Å². The number of nitrogens with one attached hydrogen (secondary N) is 1. The number of rotatable bonds is 5. The van der Waals surface area contributed by atoms with Crippen LogP contribution in [-0.2, 0) is 11.3 Å². The lowest BCUT2D eigenvalue weighted by atomic mass is 10.3. The second-order valence-electron chi connectivity index (χ2n) is 3.68. The lowest BCUT2D eigenvalue weighted by Crippen LogP contribution is -2.44. The number of aliphatic hydroxyl groups is 1. The molecule has 0 bridgehead atoms. The Morgan fingerprint density at radius 3 is 2.53 bits per heavy atom. The van der Waals surface area contributed by atoms with Gasteiger partial charge < -0.3 is 20.1 Å². The zero-order valence-corrected chi connectivity index (χ0v) is 9.52. The normalized spacial score (nSPS) is 13.1. The van der Waals surface area contributed by atoms with E-state index in [0.29, 0.717) is 4.57 Å². The molecule has 0 radical (unpaired) electrons. The van der Waals surface area contributed by atoms with E-state index in [1.165, 1.54) is 6.07 Å². The molecule has 106 valence electrons.